The van der Waals surface area contributed by atoms with Crippen molar-refractivity contribution in [1.82, 2.24) is 9.80 Å². The molecule has 1 fully saturated rings. The third kappa shape index (κ3) is 4.94. The van der Waals surface area contributed by atoms with Crippen molar-refractivity contribution < 1.29 is 4.79 Å². The third-order valence-electron chi connectivity index (χ3n) is 3.59. The Labute approximate surface area is 111 Å². The van der Waals surface area contributed by atoms with E-state index in [-0.39, 0.29) is 11.9 Å². The molecule has 18 heavy (non-hydrogen) atoms. The first-order valence-corrected chi connectivity index (χ1v) is 7.09. The lowest BCUT2D eigenvalue weighted by molar-refractivity contribution is -0.134. The van der Waals surface area contributed by atoms with E-state index in [4.69, 9.17) is 5.73 Å². The second-order valence-electron chi connectivity index (χ2n) is 6.27. The Balaban J connectivity index is 2.35. The van der Waals surface area contributed by atoms with Crippen molar-refractivity contribution >= 4 is 5.91 Å². The summed E-state index contributed by atoms with van der Waals surface area (Å²) in [6, 6.07) is -0.310. The zero-order valence-electron chi connectivity index (χ0n) is 12.4. The zero-order chi connectivity index (χ0) is 13.7. The smallest absolute Gasteiger partial charge is 0.239 e. The van der Waals surface area contributed by atoms with Gasteiger partial charge >= 0.3 is 0 Å². The summed E-state index contributed by atoms with van der Waals surface area (Å²) in [5, 5.41) is 0. The van der Waals surface area contributed by atoms with E-state index in [0.717, 1.165) is 44.8 Å². The molecule has 0 aromatic carbocycles. The number of nitrogens with two attached hydrogens (primary N) is 1. The van der Waals surface area contributed by atoms with Gasteiger partial charge in [-0.15, -0.1) is 0 Å². The van der Waals surface area contributed by atoms with Gasteiger partial charge in [-0.1, -0.05) is 13.8 Å². The highest BCUT2D eigenvalue weighted by Gasteiger charge is 2.26. The molecule has 2 N–H and O–H groups in total. The number of carbonyl (C=O) groups excluding carboxylic acids is 1. The van der Waals surface area contributed by atoms with E-state index in [0.29, 0.717) is 5.92 Å². The molecule has 0 saturated carbocycles. The van der Waals surface area contributed by atoms with Crippen molar-refractivity contribution in [3.63, 3.8) is 0 Å². The van der Waals surface area contributed by atoms with Crippen LogP contribution in [0, 0.1) is 11.8 Å². The SMILES string of the molecule is CC(C)CC(N)C(=O)N1CCC(CN(C)C)CC1. The molecule has 4 nitrogen and oxygen atoms in total. The maximum Gasteiger partial charge on any atom is 0.239 e. The summed E-state index contributed by atoms with van der Waals surface area (Å²) in [6.45, 7) is 7.10. The van der Waals surface area contributed by atoms with Crippen molar-refractivity contribution in [3.8, 4) is 0 Å². The van der Waals surface area contributed by atoms with Crippen molar-refractivity contribution in [2.45, 2.75) is 39.2 Å². The minimum absolute atomic E-state index is 0.145. The van der Waals surface area contributed by atoms with Crippen LogP contribution in [0.4, 0.5) is 0 Å². The van der Waals surface area contributed by atoms with Crippen LogP contribution in [0.3, 0.4) is 0 Å². The highest BCUT2D eigenvalue weighted by atomic mass is 16.2. The Kier molecular flexibility index (Phi) is 6.09. The number of hydrogen-bond donors (Lipinski definition) is 1. The summed E-state index contributed by atoms with van der Waals surface area (Å²) >= 11 is 0. The van der Waals surface area contributed by atoms with Gasteiger partial charge < -0.3 is 15.5 Å². The standard InChI is InChI=1S/C14H29N3O/c1-11(2)9-13(15)14(18)17-7-5-12(6-8-17)10-16(3)4/h11-13H,5-10,15H2,1-4H3. The van der Waals surface area contributed by atoms with Crippen LogP contribution in [-0.4, -0.2) is 55.5 Å². The minimum Gasteiger partial charge on any atom is -0.341 e. The lowest BCUT2D eigenvalue weighted by atomic mass is 9.95. The average Bonchev–Trinajstić information content (AvgIpc) is 2.27. The van der Waals surface area contributed by atoms with E-state index in [1.54, 1.807) is 0 Å². The molecule has 4 heteroatoms. The van der Waals surface area contributed by atoms with Crippen LogP contribution in [0.25, 0.3) is 0 Å². The van der Waals surface area contributed by atoms with Crippen LogP contribution in [0.15, 0.2) is 0 Å². The van der Waals surface area contributed by atoms with Gasteiger partial charge in [0.25, 0.3) is 0 Å². The topological polar surface area (TPSA) is 49.6 Å². The fourth-order valence-corrected chi connectivity index (χ4v) is 2.70. The Hall–Kier alpha value is -0.610. The molecular weight excluding hydrogens is 226 g/mol. The number of rotatable bonds is 5. The third-order valence-corrected chi connectivity index (χ3v) is 3.59. The van der Waals surface area contributed by atoms with Gasteiger partial charge in [-0.2, -0.15) is 0 Å². The van der Waals surface area contributed by atoms with Crippen molar-refractivity contribution in [2.75, 3.05) is 33.7 Å². The van der Waals surface area contributed by atoms with Gasteiger partial charge in [0.15, 0.2) is 0 Å². The predicted molar refractivity (Wildman–Crippen MR) is 75.3 cm³/mol. The first-order valence-electron chi connectivity index (χ1n) is 7.09. The number of amides is 1. The number of likely N-dealkylation sites (tertiary alicyclic amines) is 1. The van der Waals surface area contributed by atoms with Crippen LogP contribution < -0.4 is 5.73 Å². The molecule has 1 atom stereocenters. The highest BCUT2D eigenvalue weighted by molar-refractivity contribution is 5.81. The van der Waals surface area contributed by atoms with Crippen molar-refractivity contribution in [2.24, 2.45) is 17.6 Å². The van der Waals surface area contributed by atoms with E-state index in [1.807, 2.05) is 4.90 Å². The molecule has 0 aromatic heterocycles. The maximum atomic E-state index is 12.2. The van der Waals surface area contributed by atoms with E-state index in [9.17, 15) is 4.79 Å². The maximum absolute atomic E-state index is 12.2. The lowest BCUT2D eigenvalue weighted by Crippen LogP contribution is -2.48. The first kappa shape index (κ1) is 15.4. The monoisotopic (exact) mass is 255 g/mol. The molecule has 0 aliphatic carbocycles. The molecular formula is C14H29N3O. The fraction of sp³-hybridized carbons (Fsp3) is 0.929. The molecule has 0 radical (unpaired) electrons. The molecule has 0 bridgehead atoms. The van der Waals surface area contributed by atoms with Gasteiger partial charge in [0, 0.05) is 19.6 Å². The van der Waals surface area contributed by atoms with Crippen LogP contribution in [0.1, 0.15) is 33.1 Å². The number of piperidine rings is 1. The van der Waals surface area contributed by atoms with Crippen molar-refractivity contribution in [1.29, 1.82) is 0 Å². The van der Waals surface area contributed by atoms with Gasteiger partial charge in [-0.3, -0.25) is 4.79 Å². The van der Waals surface area contributed by atoms with Gasteiger partial charge in [0.05, 0.1) is 6.04 Å². The average molecular weight is 255 g/mol. The van der Waals surface area contributed by atoms with Gasteiger partial charge in [0.1, 0.15) is 0 Å². The summed E-state index contributed by atoms with van der Waals surface area (Å²) in [4.78, 5) is 16.3. The Morgan fingerprint density at radius 1 is 1.33 bits per heavy atom. The Morgan fingerprint density at radius 3 is 2.33 bits per heavy atom. The molecule has 1 amide bonds. The summed E-state index contributed by atoms with van der Waals surface area (Å²) < 4.78 is 0. The van der Waals surface area contributed by atoms with Crippen LogP contribution in [0.2, 0.25) is 0 Å². The molecule has 1 heterocycles. The van der Waals surface area contributed by atoms with Crippen LogP contribution in [0.5, 0.6) is 0 Å². The van der Waals surface area contributed by atoms with E-state index in [1.165, 1.54) is 0 Å². The molecule has 1 aliphatic heterocycles. The summed E-state index contributed by atoms with van der Waals surface area (Å²) in [5.74, 6) is 1.35. The van der Waals surface area contributed by atoms with Gasteiger partial charge in [-0.25, -0.2) is 0 Å². The Morgan fingerprint density at radius 2 is 1.89 bits per heavy atom. The normalized spacial score (nSPS) is 19.6. The fourth-order valence-electron chi connectivity index (χ4n) is 2.70. The van der Waals surface area contributed by atoms with Gasteiger partial charge in [-0.05, 0) is 45.2 Å². The number of carbonyl (C=O) groups is 1. The molecule has 0 aromatic rings. The molecule has 1 aliphatic rings. The summed E-state index contributed by atoms with van der Waals surface area (Å²) in [6.07, 6.45) is 3.01. The molecule has 106 valence electrons. The highest BCUT2D eigenvalue weighted by Crippen LogP contribution is 2.19. The van der Waals surface area contributed by atoms with Crippen LogP contribution >= 0.6 is 0 Å². The molecule has 1 rings (SSSR count). The number of hydrogen-bond acceptors (Lipinski definition) is 3. The summed E-state index contributed by atoms with van der Waals surface area (Å²) in [7, 11) is 4.21. The summed E-state index contributed by atoms with van der Waals surface area (Å²) in [5.41, 5.74) is 5.96. The predicted octanol–water partition coefficient (Wildman–Crippen LogP) is 1.16. The lowest BCUT2D eigenvalue weighted by Gasteiger charge is -2.34. The second kappa shape index (κ2) is 7.10. The first-order chi connectivity index (χ1) is 8.40. The van der Waals surface area contributed by atoms with Crippen LogP contribution in [-0.2, 0) is 4.79 Å². The quantitative estimate of drug-likeness (QED) is 0.802. The van der Waals surface area contributed by atoms with Crippen molar-refractivity contribution in [3.05, 3.63) is 0 Å². The molecule has 1 unspecified atom stereocenters. The number of nitrogens with zero attached hydrogens (tertiary/aromatic N) is 2. The van der Waals surface area contributed by atoms with E-state index >= 15 is 0 Å². The molecule has 1 saturated heterocycles. The zero-order valence-corrected chi connectivity index (χ0v) is 12.4. The van der Waals surface area contributed by atoms with Gasteiger partial charge in [0.2, 0.25) is 5.91 Å². The molecule has 0 spiro atoms. The Bertz CT molecular complexity index is 258. The van der Waals surface area contributed by atoms with E-state index in [2.05, 4.69) is 32.8 Å². The largest absolute Gasteiger partial charge is 0.341 e. The second-order valence-corrected chi connectivity index (χ2v) is 6.27. The minimum atomic E-state index is -0.310. The van der Waals surface area contributed by atoms with E-state index < -0.39 is 0 Å².